The summed E-state index contributed by atoms with van der Waals surface area (Å²) in [5.74, 6) is 2.07. The second-order valence-corrected chi connectivity index (χ2v) is 7.95. The van der Waals surface area contributed by atoms with Crippen LogP contribution in [0.15, 0.2) is 60.9 Å². The van der Waals surface area contributed by atoms with E-state index in [1.54, 1.807) is 33.7 Å². The Bertz CT molecular complexity index is 1220. The fourth-order valence-electron chi connectivity index (χ4n) is 3.83. The van der Waals surface area contributed by atoms with Gasteiger partial charge in [-0.05, 0) is 30.7 Å². The van der Waals surface area contributed by atoms with Crippen LogP contribution >= 0.6 is 0 Å². The van der Waals surface area contributed by atoms with Gasteiger partial charge in [0, 0.05) is 53.9 Å². The first kappa shape index (κ1) is 23.3. The summed E-state index contributed by atoms with van der Waals surface area (Å²) < 4.78 is 16.2. The number of benzene rings is 2. The predicted octanol–water partition coefficient (Wildman–Crippen LogP) is 6.05. The zero-order valence-corrected chi connectivity index (χ0v) is 20.1. The average molecular weight is 459 g/mol. The lowest BCUT2D eigenvalue weighted by molar-refractivity contribution is 0.394. The summed E-state index contributed by atoms with van der Waals surface area (Å²) in [6.45, 7) is 3.07. The molecule has 4 aromatic rings. The molecular formula is C27H30N4O3. The van der Waals surface area contributed by atoms with E-state index in [0.29, 0.717) is 5.88 Å². The molecule has 2 aromatic carbocycles. The Morgan fingerprint density at radius 1 is 0.735 bits per heavy atom. The molecule has 7 heteroatoms. The van der Waals surface area contributed by atoms with Crippen LogP contribution in [0.2, 0.25) is 0 Å². The number of aromatic nitrogens is 3. The minimum absolute atomic E-state index is 0.566. The summed E-state index contributed by atoms with van der Waals surface area (Å²) in [6, 6.07) is 15.9. The van der Waals surface area contributed by atoms with Crippen LogP contribution in [0, 0.1) is 0 Å². The zero-order valence-electron chi connectivity index (χ0n) is 20.1. The van der Waals surface area contributed by atoms with Gasteiger partial charge in [-0.25, -0.2) is 9.97 Å². The zero-order chi connectivity index (χ0) is 23.9. The minimum atomic E-state index is 0.566. The highest BCUT2D eigenvalue weighted by atomic mass is 16.5. The van der Waals surface area contributed by atoms with Crippen molar-refractivity contribution in [1.82, 2.24) is 15.0 Å². The molecular weight excluding hydrogens is 428 g/mol. The van der Waals surface area contributed by atoms with Gasteiger partial charge in [-0.2, -0.15) is 0 Å². The maximum Gasteiger partial charge on any atom is 0.212 e. The number of ether oxygens (including phenoxy) is 3. The molecule has 34 heavy (non-hydrogen) atoms. The molecule has 0 amide bonds. The molecule has 0 bridgehead atoms. The van der Waals surface area contributed by atoms with Crippen molar-refractivity contribution in [3.8, 4) is 28.6 Å². The lowest BCUT2D eigenvalue weighted by Gasteiger charge is -2.26. The van der Waals surface area contributed by atoms with E-state index in [2.05, 4.69) is 33.9 Å². The molecule has 0 aliphatic heterocycles. The van der Waals surface area contributed by atoms with Gasteiger partial charge in [-0.15, -0.1) is 0 Å². The van der Waals surface area contributed by atoms with Gasteiger partial charge in [-0.3, -0.25) is 4.98 Å². The van der Waals surface area contributed by atoms with Crippen LogP contribution in [-0.2, 0) is 0 Å². The molecule has 0 radical (unpaired) electrons. The van der Waals surface area contributed by atoms with Crippen molar-refractivity contribution in [2.24, 2.45) is 0 Å². The molecule has 0 aliphatic carbocycles. The number of rotatable bonds is 10. The average Bonchev–Trinajstić information content (AvgIpc) is 2.90. The van der Waals surface area contributed by atoms with Crippen molar-refractivity contribution in [3.05, 3.63) is 60.9 Å². The SMILES string of the molecule is CCCCCN(c1cc(OC)cc(OC)c1)c1ccc2ncc(-c3ccc(OC)nc3)nc2c1. The third-order valence-corrected chi connectivity index (χ3v) is 5.71. The Morgan fingerprint density at radius 2 is 1.53 bits per heavy atom. The van der Waals surface area contributed by atoms with Gasteiger partial charge in [0.1, 0.15) is 11.5 Å². The van der Waals surface area contributed by atoms with Gasteiger partial charge >= 0.3 is 0 Å². The van der Waals surface area contributed by atoms with Crippen LogP contribution in [0.4, 0.5) is 11.4 Å². The van der Waals surface area contributed by atoms with Crippen LogP contribution in [0.25, 0.3) is 22.3 Å². The van der Waals surface area contributed by atoms with Gasteiger partial charge in [0.15, 0.2) is 0 Å². The molecule has 0 N–H and O–H groups in total. The van der Waals surface area contributed by atoms with E-state index in [-0.39, 0.29) is 0 Å². The van der Waals surface area contributed by atoms with Crippen molar-refractivity contribution in [2.45, 2.75) is 26.2 Å². The molecule has 0 saturated heterocycles. The highest BCUT2D eigenvalue weighted by molar-refractivity contribution is 5.82. The topological polar surface area (TPSA) is 69.6 Å². The number of methoxy groups -OCH3 is 3. The van der Waals surface area contributed by atoms with Crippen LogP contribution in [0.3, 0.4) is 0 Å². The van der Waals surface area contributed by atoms with E-state index < -0.39 is 0 Å². The Kier molecular flexibility index (Phi) is 7.42. The maximum atomic E-state index is 5.52. The summed E-state index contributed by atoms with van der Waals surface area (Å²) in [6.07, 6.45) is 6.89. The second-order valence-electron chi connectivity index (χ2n) is 7.95. The first-order valence-electron chi connectivity index (χ1n) is 11.4. The van der Waals surface area contributed by atoms with E-state index in [0.717, 1.165) is 71.0 Å². The second kappa shape index (κ2) is 10.8. The van der Waals surface area contributed by atoms with Gasteiger partial charge in [-0.1, -0.05) is 19.8 Å². The van der Waals surface area contributed by atoms with Crippen molar-refractivity contribution in [2.75, 3.05) is 32.8 Å². The van der Waals surface area contributed by atoms with Gasteiger partial charge in [0.2, 0.25) is 5.88 Å². The Hall–Kier alpha value is -3.87. The summed E-state index contributed by atoms with van der Waals surface area (Å²) in [5, 5.41) is 0. The van der Waals surface area contributed by atoms with E-state index >= 15 is 0 Å². The van der Waals surface area contributed by atoms with Crippen LogP contribution < -0.4 is 19.1 Å². The molecule has 2 heterocycles. The summed E-state index contributed by atoms with van der Waals surface area (Å²) in [5.41, 5.74) is 5.36. The molecule has 0 saturated carbocycles. The fourth-order valence-corrected chi connectivity index (χ4v) is 3.83. The molecule has 0 spiro atoms. The molecule has 176 valence electrons. The van der Waals surface area contributed by atoms with Crippen molar-refractivity contribution < 1.29 is 14.2 Å². The number of anilines is 2. The lowest BCUT2D eigenvalue weighted by Crippen LogP contribution is -2.18. The van der Waals surface area contributed by atoms with Gasteiger partial charge in [0.05, 0.1) is 44.3 Å². The molecule has 0 atom stereocenters. The molecule has 0 aliphatic rings. The normalized spacial score (nSPS) is 10.8. The molecule has 0 fully saturated rings. The quantitative estimate of drug-likeness (QED) is 0.268. The number of hydrogen-bond donors (Lipinski definition) is 0. The van der Waals surface area contributed by atoms with E-state index in [9.17, 15) is 0 Å². The van der Waals surface area contributed by atoms with E-state index in [1.165, 1.54) is 0 Å². The van der Waals surface area contributed by atoms with Crippen LogP contribution in [0.5, 0.6) is 17.4 Å². The van der Waals surface area contributed by atoms with Gasteiger partial charge < -0.3 is 19.1 Å². The van der Waals surface area contributed by atoms with Crippen molar-refractivity contribution in [1.29, 1.82) is 0 Å². The number of hydrogen-bond acceptors (Lipinski definition) is 7. The first-order valence-corrected chi connectivity index (χ1v) is 11.4. The van der Waals surface area contributed by atoms with Crippen LogP contribution in [0.1, 0.15) is 26.2 Å². The maximum absolute atomic E-state index is 5.52. The smallest absolute Gasteiger partial charge is 0.212 e. The number of fused-ring (bicyclic) bond motifs is 1. The summed E-state index contributed by atoms with van der Waals surface area (Å²) in [4.78, 5) is 16.1. The molecule has 4 rings (SSSR count). The minimum Gasteiger partial charge on any atom is -0.497 e. The van der Waals surface area contributed by atoms with Crippen LogP contribution in [-0.4, -0.2) is 42.8 Å². The standard InChI is InChI=1S/C27H30N4O3/c1-5-6-7-12-31(21-13-22(32-2)16-23(14-21)33-3)20-9-10-24-25(15-20)30-26(18-28-24)19-8-11-27(34-4)29-17-19/h8-11,13-18H,5-7,12H2,1-4H3. The predicted molar refractivity (Wildman–Crippen MR) is 135 cm³/mol. The van der Waals surface area contributed by atoms with E-state index in [4.69, 9.17) is 19.2 Å². The fraction of sp³-hybridized carbons (Fsp3) is 0.296. The summed E-state index contributed by atoms with van der Waals surface area (Å²) >= 11 is 0. The summed E-state index contributed by atoms with van der Waals surface area (Å²) in [7, 11) is 4.94. The molecule has 0 unspecified atom stereocenters. The Morgan fingerprint density at radius 3 is 2.18 bits per heavy atom. The lowest BCUT2D eigenvalue weighted by atomic mass is 10.1. The highest BCUT2D eigenvalue weighted by Gasteiger charge is 2.14. The number of pyridine rings is 1. The molecule has 2 aromatic heterocycles. The number of unbranched alkanes of at least 4 members (excludes halogenated alkanes) is 2. The number of nitrogens with zero attached hydrogens (tertiary/aromatic N) is 4. The third-order valence-electron chi connectivity index (χ3n) is 5.71. The molecule has 7 nitrogen and oxygen atoms in total. The monoisotopic (exact) mass is 458 g/mol. The van der Waals surface area contributed by atoms with Crippen molar-refractivity contribution in [3.63, 3.8) is 0 Å². The highest BCUT2D eigenvalue weighted by Crippen LogP contribution is 2.34. The Balaban J connectivity index is 1.75. The van der Waals surface area contributed by atoms with Crippen molar-refractivity contribution >= 4 is 22.4 Å². The van der Waals surface area contributed by atoms with Gasteiger partial charge in [0.25, 0.3) is 0 Å². The Labute approximate surface area is 200 Å². The first-order chi connectivity index (χ1) is 16.6. The largest absolute Gasteiger partial charge is 0.497 e. The van der Waals surface area contributed by atoms with E-state index in [1.807, 2.05) is 36.4 Å². The third kappa shape index (κ3) is 5.20.